The van der Waals surface area contributed by atoms with Crippen molar-refractivity contribution in [1.29, 1.82) is 0 Å². The number of thiazole rings is 1. The number of fused-ring (bicyclic) bond motifs is 1. The van der Waals surface area contributed by atoms with Crippen molar-refractivity contribution in [2.45, 2.75) is 46.1 Å². The average Bonchev–Trinajstić information content (AvgIpc) is 2.96. The fraction of sp³-hybridized carbons (Fsp3) is 0.688. The number of hydrogen-bond donors (Lipinski definition) is 2. The molecule has 2 aromatic rings. The van der Waals surface area contributed by atoms with Gasteiger partial charge in [-0.3, -0.25) is 4.40 Å². The molecular formula is C16H25N3OS. The molecule has 2 heterocycles. The zero-order chi connectivity index (χ0) is 14.8. The van der Waals surface area contributed by atoms with Crippen molar-refractivity contribution in [2.24, 2.45) is 11.8 Å². The van der Waals surface area contributed by atoms with Gasteiger partial charge < -0.3 is 10.4 Å². The number of hydrogen-bond acceptors (Lipinski definition) is 4. The van der Waals surface area contributed by atoms with E-state index in [1.165, 1.54) is 36.3 Å². The Morgan fingerprint density at radius 3 is 2.86 bits per heavy atom. The first kappa shape index (κ1) is 15.0. The van der Waals surface area contributed by atoms with Crippen LogP contribution in [-0.4, -0.2) is 27.6 Å². The van der Waals surface area contributed by atoms with E-state index < -0.39 is 0 Å². The lowest BCUT2D eigenvalue weighted by molar-refractivity contribution is 0.133. The number of nitrogens with one attached hydrogen (secondary N) is 1. The summed E-state index contributed by atoms with van der Waals surface area (Å²) in [5, 5.41) is 13.1. The van der Waals surface area contributed by atoms with Crippen LogP contribution in [0.5, 0.6) is 0 Å². The van der Waals surface area contributed by atoms with Gasteiger partial charge in [-0.25, -0.2) is 4.98 Å². The summed E-state index contributed by atoms with van der Waals surface area (Å²) in [5.41, 5.74) is 2.39. The van der Waals surface area contributed by atoms with Crippen molar-refractivity contribution >= 4 is 16.3 Å². The second kappa shape index (κ2) is 6.46. The van der Waals surface area contributed by atoms with Gasteiger partial charge in [-0.1, -0.05) is 12.8 Å². The molecule has 1 aliphatic rings. The Bertz CT molecular complexity index is 604. The Hall–Kier alpha value is -0.910. The molecule has 1 aliphatic carbocycles. The minimum atomic E-state index is 0.339. The van der Waals surface area contributed by atoms with Gasteiger partial charge in [0.05, 0.1) is 11.4 Å². The molecule has 0 spiro atoms. The van der Waals surface area contributed by atoms with Crippen molar-refractivity contribution in [1.82, 2.24) is 14.7 Å². The third-order valence-corrected chi connectivity index (χ3v) is 5.64. The summed E-state index contributed by atoms with van der Waals surface area (Å²) < 4.78 is 2.22. The Morgan fingerprint density at radius 2 is 2.10 bits per heavy atom. The minimum absolute atomic E-state index is 0.339. The van der Waals surface area contributed by atoms with Gasteiger partial charge >= 0.3 is 0 Å². The highest BCUT2D eigenvalue weighted by atomic mass is 32.1. The SMILES string of the molecule is Cc1cn2c(CNCC3CCCCC3CO)c(C)nc2s1. The average molecular weight is 307 g/mol. The van der Waals surface area contributed by atoms with Gasteiger partial charge in [0.2, 0.25) is 0 Å². The number of aromatic nitrogens is 2. The molecule has 0 aliphatic heterocycles. The maximum atomic E-state index is 9.49. The summed E-state index contributed by atoms with van der Waals surface area (Å²) >= 11 is 1.74. The summed E-state index contributed by atoms with van der Waals surface area (Å²) in [7, 11) is 0. The summed E-state index contributed by atoms with van der Waals surface area (Å²) in [6, 6.07) is 0. The van der Waals surface area contributed by atoms with Crippen LogP contribution in [0.15, 0.2) is 6.20 Å². The van der Waals surface area contributed by atoms with Crippen molar-refractivity contribution < 1.29 is 5.11 Å². The topological polar surface area (TPSA) is 49.6 Å². The summed E-state index contributed by atoms with van der Waals surface area (Å²) in [4.78, 5) is 7.02. The number of nitrogens with zero attached hydrogens (tertiary/aromatic N) is 2. The Balaban J connectivity index is 1.62. The van der Waals surface area contributed by atoms with Gasteiger partial charge in [-0.2, -0.15) is 0 Å². The molecule has 116 valence electrons. The lowest BCUT2D eigenvalue weighted by Gasteiger charge is -2.30. The quantitative estimate of drug-likeness (QED) is 0.893. The number of aliphatic hydroxyl groups is 1. The van der Waals surface area contributed by atoms with Gasteiger partial charge in [-0.15, -0.1) is 11.3 Å². The fourth-order valence-electron chi connectivity index (χ4n) is 3.49. The van der Waals surface area contributed by atoms with E-state index in [-0.39, 0.29) is 0 Å². The summed E-state index contributed by atoms with van der Waals surface area (Å²) in [6.45, 7) is 6.41. The smallest absolute Gasteiger partial charge is 0.194 e. The van der Waals surface area contributed by atoms with Crippen molar-refractivity contribution in [3.05, 3.63) is 22.5 Å². The highest BCUT2D eigenvalue weighted by Gasteiger charge is 2.24. The zero-order valence-electron chi connectivity index (χ0n) is 12.9. The molecule has 0 saturated heterocycles. The molecule has 2 aromatic heterocycles. The molecule has 1 saturated carbocycles. The van der Waals surface area contributed by atoms with Crippen LogP contribution in [0.1, 0.15) is 41.9 Å². The van der Waals surface area contributed by atoms with Crippen LogP contribution in [0, 0.1) is 25.7 Å². The summed E-state index contributed by atoms with van der Waals surface area (Å²) in [6.07, 6.45) is 7.19. The molecule has 1 fully saturated rings. The standard InChI is InChI=1S/C16H25N3OS/c1-11-9-19-15(12(2)18-16(19)21-11)8-17-7-13-5-3-4-6-14(13)10-20/h9,13-14,17,20H,3-8,10H2,1-2H3. The molecule has 2 N–H and O–H groups in total. The molecule has 2 unspecified atom stereocenters. The molecule has 0 radical (unpaired) electrons. The molecule has 0 amide bonds. The maximum absolute atomic E-state index is 9.49. The van der Waals surface area contributed by atoms with E-state index in [0.717, 1.165) is 23.7 Å². The van der Waals surface area contributed by atoms with E-state index in [1.54, 1.807) is 11.3 Å². The van der Waals surface area contributed by atoms with Gasteiger partial charge in [-0.05, 0) is 45.1 Å². The highest BCUT2D eigenvalue weighted by Crippen LogP contribution is 2.29. The van der Waals surface area contributed by atoms with Gasteiger partial charge in [0.1, 0.15) is 0 Å². The summed E-state index contributed by atoms with van der Waals surface area (Å²) in [5.74, 6) is 1.11. The van der Waals surface area contributed by atoms with Crippen LogP contribution in [0.25, 0.3) is 4.96 Å². The van der Waals surface area contributed by atoms with Crippen LogP contribution in [-0.2, 0) is 6.54 Å². The van der Waals surface area contributed by atoms with Crippen molar-refractivity contribution in [3.8, 4) is 0 Å². The molecule has 0 aromatic carbocycles. The van der Waals surface area contributed by atoms with Gasteiger partial charge in [0.25, 0.3) is 0 Å². The van der Waals surface area contributed by atoms with Crippen molar-refractivity contribution in [3.63, 3.8) is 0 Å². The second-order valence-electron chi connectivity index (χ2n) is 6.26. The van der Waals surface area contributed by atoms with E-state index in [9.17, 15) is 5.11 Å². The van der Waals surface area contributed by atoms with E-state index in [4.69, 9.17) is 0 Å². The maximum Gasteiger partial charge on any atom is 0.194 e. The third-order valence-electron chi connectivity index (χ3n) is 4.74. The minimum Gasteiger partial charge on any atom is -0.396 e. The third kappa shape index (κ3) is 3.15. The first-order valence-electron chi connectivity index (χ1n) is 7.94. The molecule has 3 rings (SSSR count). The van der Waals surface area contributed by atoms with E-state index >= 15 is 0 Å². The van der Waals surface area contributed by atoms with Crippen molar-refractivity contribution in [2.75, 3.05) is 13.2 Å². The first-order chi connectivity index (χ1) is 10.2. The molecular weight excluding hydrogens is 282 g/mol. The van der Waals surface area contributed by atoms with E-state index in [0.29, 0.717) is 18.4 Å². The zero-order valence-corrected chi connectivity index (χ0v) is 13.7. The van der Waals surface area contributed by atoms with Gasteiger partial charge in [0, 0.05) is 24.2 Å². The Morgan fingerprint density at radius 1 is 1.33 bits per heavy atom. The predicted octanol–water partition coefficient (Wildman–Crippen LogP) is 2.90. The van der Waals surface area contributed by atoms with E-state index in [1.807, 2.05) is 0 Å². The monoisotopic (exact) mass is 307 g/mol. The number of aryl methyl sites for hydroxylation is 2. The van der Waals surface area contributed by atoms with Crippen LogP contribution in [0.3, 0.4) is 0 Å². The normalized spacial score (nSPS) is 23.0. The molecule has 21 heavy (non-hydrogen) atoms. The second-order valence-corrected chi connectivity index (χ2v) is 7.47. The van der Waals surface area contributed by atoms with Crippen LogP contribution >= 0.6 is 11.3 Å². The fourth-order valence-corrected chi connectivity index (χ4v) is 4.38. The van der Waals surface area contributed by atoms with E-state index in [2.05, 4.69) is 34.7 Å². The Kier molecular flexibility index (Phi) is 4.62. The number of rotatable bonds is 5. The Labute approximate surface area is 130 Å². The molecule has 5 heteroatoms. The molecule has 4 nitrogen and oxygen atoms in total. The molecule has 2 atom stereocenters. The molecule has 0 bridgehead atoms. The lowest BCUT2D eigenvalue weighted by Crippen LogP contribution is -2.32. The predicted molar refractivity (Wildman–Crippen MR) is 86.8 cm³/mol. The number of imidazole rings is 1. The van der Waals surface area contributed by atoms with Crippen LogP contribution in [0.4, 0.5) is 0 Å². The first-order valence-corrected chi connectivity index (χ1v) is 8.76. The van der Waals surface area contributed by atoms with Crippen LogP contribution in [0.2, 0.25) is 0 Å². The van der Waals surface area contributed by atoms with Gasteiger partial charge in [0.15, 0.2) is 4.96 Å². The largest absolute Gasteiger partial charge is 0.396 e. The van der Waals surface area contributed by atoms with Crippen LogP contribution < -0.4 is 5.32 Å². The number of aliphatic hydroxyl groups excluding tert-OH is 1. The highest BCUT2D eigenvalue weighted by molar-refractivity contribution is 7.17. The lowest BCUT2D eigenvalue weighted by atomic mass is 9.79.